The van der Waals surface area contributed by atoms with Gasteiger partial charge >= 0.3 is 5.97 Å². The number of carbonyl (C=O) groups is 3. The average molecular weight is 457 g/mol. The minimum absolute atomic E-state index is 0.152. The van der Waals surface area contributed by atoms with Gasteiger partial charge in [-0.2, -0.15) is 0 Å². The van der Waals surface area contributed by atoms with E-state index in [1.807, 2.05) is 36.4 Å². The summed E-state index contributed by atoms with van der Waals surface area (Å²) < 4.78 is 0. The zero-order valence-electron chi connectivity index (χ0n) is 18.9. The van der Waals surface area contributed by atoms with Crippen LogP contribution < -0.4 is 10.6 Å². The fraction of sp³-hybridized carbons (Fsp3) is 0.250. The standard InChI is InChI=1S/C28H28N2O4/c31-25(21-9-3-1-4-10-21)29-23-15-13-20(14-16-23)19-24(26(32)33)30-27(34)28(17-7-8-18-28)22-11-5-2-6-12-22/h1-6,9-16,24H,7-8,17-19H2,(H,29,31)(H,30,34)(H,32,33)/t24-/m0/s1. The zero-order chi connectivity index (χ0) is 24.0. The van der Waals surface area contributed by atoms with Crippen LogP contribution in [0.3, 0.4) is 0 Å². The van der Waals surface area contributed by atoms with Crippen LogP contribution in [0.2, 0.25) is 0 Å². The van der Waals surface area contributed by atoms with Gasteiger partial charge in [-0.3, -0.25) is 9.59 Å². The predicted octanol–water partition coefficient (Wildman–Crippen LogP) is 4.56. The molecule has 0 unspecified atom stereocenters. The number of hydrogen-bond acceptors (Lipinski definition) is 3. The Bertz CT molecular complexity index is 1140. The topological polar surface area (TPSA) is 95.5 Å². The molecule has 174 valence electrons. The molecular formula is C28H28N2O4. The molecule has 1 aliphatic carbocycles. The Morgan fingerprint density at radius 3 is 2.00 bits per heavy atom. The van der Waals surface area contributed by atoms with E-state index in [9.17, 15) is 19.5 Å². The number of benzene rings is 3. The Hall–Kier alpha value is -3.93. The molecular weight excluding hydrogens is 428 g/mol. The van der Waals surface area contributed by atoms with E-state index in [1.54, 1.807) is 48.5 Å². The van der Waals surface area contributed by atoms with Crippen molar-refractivity contribution in [2.45, 2.75) is 43.6 Å². The summed E-state index contributed by atoms with van der Waals surface area (Å²) in [7, 11) is 0. The van der Waals surface area contributed by atoms with Crippen molar-refractivity contribution in [1.29, 1.82) is 0 Å². The Morgan fingerprint density at radius 2 is 1.41 bits per heavy atom. The fourth-order valence-corrected chi connectivity index (χ4v) is 4.63. The molecule has 0 aromatic heterocycles. The second-order valence-corrected chi connectivity index (χ2v) is 8.74. The lowest BCUT2D eigenvalue weighted by atomic mass is 9.77. The van der Waals surface area contributed by atoms with Crippen LogP contribution in [0, 0.1) is 0 Å². The number of carboxylic acid groups (broad SMARTS) is 1. The van der Waals surface area contributed by atoms with E-state index in [0.717, 1.165) is 24.0 Å². The van der Waals surface area contributed by atoms with Crippen molar-refractivity contribution in [3.05, 3.63) is 102 Å². The first kappa shape index (κ1) is 23.2. The van der Waals surface area contributed by atoms with Crippen LogP contribution in [0.1, 0.15) is 47.2 Å². The number of rotatable bonds is 8. The van der Waals surface area contributed by atoms with Gasteiger partial charge in [0.15, 0.2) is 0 Å². The van der Waals surface area contributed by atoms with Gasteiger partial charge in [0, 0.05) is 17.7 Å². The number of anilines is 1. The molecule has 6 heteroatoms. The van der Waals surface area contributed by atoms with Gasteiger partial charge in [-0.25, -0.2) is 4.79 Å². The first-order chi connectivity index (χ1) is 16.5. The molecule has 0 spiro atoms. The Labute approximate surface area is 199 Å². The maximum Gasteiger partial charge on any atom is 0.326 e. The molecule has 0 saturated heterocycles. The highest BCUT2D eigenvalue weighted by Crippen LogP contribution is 2.41. The highest BCUT2D eigenvalue weighted by Gasteiger charge is 2.43. The molecule has 1 aliphatic rings. The number of amides is 2. The largest absolute Gasteiger partial charge is 0.480 e. The Morgan fingerprint density at radius 1 is 0.824 bits per heavy atom. The first-order valence-electron chi connectivity index (χ1n) is 11.5. The SMILES string of the molecule is O=C(Nc1ccc(C[C@H](NC(=O)C2(c3ccccc3)CCCC2)C(=O)O)cc1)c1ccccc1. The first-order valence-corrected chi connectivity index (χ1v) is 11.5. The van der Waals surface area contributed by atoms with Crippen molar-refractivity contribution in [3.63, 3.8) is 0 Å². The molecule has 0 aliphatic heterocycles. The monoisotopic (exact) mass is 456 g/mol. The summed E-state index contributed by atoms with van der Waals surface area (Å²) in [6.45, 7) is 0. The van der Waals surface area contributed by atoms with Crippen molar-refractivity contribution in [3.8, 4) is 0 Å². The van der Waals surface area contributed by atoms with Crippen molar-refractivity contribution < 1.29 is 19.5 Å². The molecule has 6 nitrogen and oxygen atoms in total. The second kappa shape index (κ2) is 10.3. The summed E-state index contributed by atoms with van der Waals surface area (Å²) in [6, 6.07) is 24.5. The van der Waals surface area contributed by atoms with Crippen molar-refractivity contribution in [2.75, 3.05) is 5.32 Å². The van der Waals surface area contributed by atoms with Gasteiger partial charge in [0.05, 0.1) is 5.41 Å². The molecule has 0 heterocycles. The third-order valence-corrected chi connectivity index (χ3v) is 6.51. The van der Waals surface area contributed by atoms with E-state index in [1.165, 1.54) is 0 Å². The van der Waals surface area contributed by atoms with E-state index in [0.29, 0.717) is 24.1 Å². The van der Waals surface area contributed by atoms with E-state index in [2.05, 4.69) is 10.6 Å². The number of carboxylic acids is 1. The highest BCUT2D eigenvalue weighted by molar-refractivity contribution is 6.04. The van der Waals surface area contributed by atoms with Gasteiger partial charge in [-0.15, -0.1) is 0 Å². The van der Waals surface area contributed by atoms with Crippen LogP contribution in [0.15, 0.2) is 84.9 Å². The smallest absolute Gasteiger partial charge is 0.326 e. The maximum absolute atomic E-state index is 13.4. The molecule has 1 atom stereocenters. The lowest BCUT2D eigenvalue weighted by Crippen LogP contribution is -2.50. The van der Waals surface area contributed by atoms with Crippen LogP contribution in [0.25, 0.3) is 0 Å². The van der Waals surface area contributed by atoms with Crippen LogP contribution in [-0.4, -0.2) is 28.9 Å². The van der Waals surface area contributed by atoms with E-state index < -0.39 is 17.4 Å². The molecule has 3 N–H and O–H groups in total. The minimum Gasteiger partial charge on any atom is -0.480 e. The third kappa shape index (κ3) is 5.17. The quantitative estimate of drug-likeness (QED) is 0.463. The summed E-state index contributed by atoms with van der Waals surface area (Å²) in [5.74, 6) is -1.52. The number of carbonyl (C=O) groups excluding carboxylic acids is 2. The van der Waals surface area contributed by atoms with Crippen LogP contribution in [-0.2, 0) is 21.4 Å². The molecule has 1 fully saturated rings. The van der Waals surface area contributed by atoms with Gasteiger partial charge in [0.25, 0.3) is 5.91 Å². The number of aliphatic carboxylic acids is 1. The number of nitrogens with one attached hydrogen (secondary N) is 2. The van der Waals surface area contributed by atoms with Crippen LogP contribution in [0.4, 0.5) is 5.69 Å². The fourth-order valence-electron chi connectivity index (χ4n) is 4.63. The zero-order valence-corrected chi connectivity index (χ0v) is 18.9. The normalized spacial score (nSPS) is 15.3. The molecule has 0 bridgehead atoms. The van der Waals surface area contributed by atoms with E-state index >= 15 is 0 Å². The predicted molar refractivity (Wildman–Crippen MR) is 131 cm³/mol. The molecule has 1 saturated carbocycles. The molecule has 3 aromatic rings. The average Bonchev–Trinajstić information content (AvgIpc) is 3.37. The summed E-state index contributed by atoms with van der Waals surface area (Å²) in [4.78, 5) is 37.7. The van der Waals surface area contributed by atoms with E-state index in [-0.39, 0.29) is 18.2 Å². The van der Waals surface area contributed by atoms with Gasteiger partial charge < -0.3 is 15.7 Å². The van der Waals surface area contributed by atoms with Gasteiger partial charge in [0.2, 0.25) is 5.91 Å². The lowest BCUT2D eigenvalue weighted by Gasteiger charge is -2.30. The van der Waals surface area contributed by atoms with Gasteiger partial charge in [0.1, 0.15) is 6.04 Å². The van der Waals surface area contributed by atoms with Crippen molar-refractivity contribution >= 4 is 23.5 Å². The van der Waals surface area contributed by atoms with E-state index in [4.69, 9.17) is 0 Å². The van der Waals surface area contributed by atoms with Gasteiger partial charge in [-0.1, -0.05) is 73.5 Å². The molecule has 34 heavy (non-hydrogen) atoms. The Kier molecular flexibility index (Phi) is 7.07. The molecule has 2 amide bonds. The summed E-state index contributed by atoms with van der Waals surface area (Å²) >= 11 is 0. The second-order valence-electron chi connectivity index (χ2n) is 8.74. The summed E-state index contributed by atoms with van der Waals surface area (Å²) in [6.07, 6.45) is 3.46. The van der Waals surface area contributed by atoms with Gasteiger partial charge in [-0.05, 0) is 48.2 Å². The third-order valence-electron chi connectivity index (χ3n) is 6.51. The maximum atomic E-state index is 13.4. The molecule has 0 radical (unpaired) electrons. The molecule has 4 rings (SSSR count). The highest BCUT2D eigenvalue weighted by atomic mass is 16.4. The van der Waals surface area contributed by atoms with Crippen LogP contribution in [0.5, 0.6) is 0 Å². The Balaban J connectivity index is 1.43. The van der Waals surface area contributed by atoms with Crippen molar-refractivity contribution in [1.82, 2.24) is 5.32 Å². The van der Waals surface area contributed by atoms with Crippen LogP contribution >= 0.6 is 0 Å². The number of hydrogen-bond donors (Lipinski definition) is 3. The van der Waals surface area contributed by atoms with Crippen molar-refractivity contribution in [2.24, 2.45) is 0 Å². The lowest BCUT2D eigenvalue weighted by molar-refractivity contribution is -0.142. The minimum atomic E-state index is -1.07. The summed E-state index contributed by atoms with van der Waals surface area (Å²) in [5, 5.41) is 15.4. The molecule has 3 aromatic carbocycles. The summed E-state index contributed by atoms with van der Waals surface area (Å²) in [5.41, 5.74) is 2.18.